The number of hydrogen-bond acceptors (Lipinski definition) is 9. The van der Waals surface area contributed by atoms with E-state index >= 15 is 0 Å². The van der Waals surface area contributed by atoms with E-state index in [-0.39, 0.29) is 30.0 Å². The van der Waals surface area contributed by atoms with Crippen LogP contribution in [0.4, 0.5) is 9.59 Å². The largest absolute Gasteiger partial charge is 0.453 e. The zero-order valence-electron chi connectivity index (χ0n) is 32.5. The molecule has 0 spiro atoms. The highest BCUT2D eigenvalue weighted by Gasteiger charge is 2.38. The molecule has 14 heteroatoms. The van der Waals surface area contributed by atoms with Crippen LogP contribution in [0.5, 0.6) is 0 Å². The van der Waals surface area contributed by atoms with Gasteiger partial charge >= 0.3 is 12.2 Å². The van der Waals surface area contributed by atoms with Gasteiger partial charge in [0, 0.05) is 35.0 Å². The number of H-pyrrole nitrogens is 2. The van der Waals surface area contributed by atoms with Gasteiger partial charge in [-0.1, -0.05) is 44.2 Å². The van der Waals surface area contributed by atoms with Gasteiger partial charge in [0.1, 0.15) is 23.3 Å². The summed E-state index contributed by atoms with van der Waals surface area (Å²) in [5.41, 5.74) is 7.80. The van der Waals surface area contributed by atoms with E-state index in [2.05, 4.69) is 67.4 Å². The summed E-state index contributed by atoms with van der Waals surface area (Å²) in [4.78, 5) is 58.8. The first-order valence-electron chi connectivity index (χ1n) is 19.2. The summed E-state index contributed by atoms with van der Waals surface area (Å²) in [6.45, 7) is 10.7. The summed E-state index contributed by atoms with van der Waals surface area (Å²) >= 11 is 3.50. The molecule has 2 aromatic carbocycles. The fraction of sp³-hybridized carbons (Fsp3) is 0.405. The normalized spacial score (nSPS) is 18.0. The molecule has 3 N–H and O–H groups in total. The van der Waals surface area contributed by atoms with Gasteiger partial charge in [0.2, 0.25) is 5.91 Å². The molecule has 4 aromatic heterocycles. The summed E-state index contributed by atoms with van der Waals surface area (Å²) in [5, 5.41) is 7.18. The number of nitrogens with zero attached hydrogens (tertiary/aromatic N) is 4. The molecule has 6 aromatic rings. The molecule has 0 aliphatic carbocycles. The Morgan fingerprint density at radius 1 is 0.857 bits per heavy atom. The topological polar surface area (TPSA) is 146 Å². The lowest BCUT2D eigenvalue weighted by Gasteiger charge is -2.29. The van der Waals surface area contributed by atoms with Crippen LogP contribution in [0.25, 0.3) is 53.9 Å². The Balaban J connectivity index is 0.988. The molecule has 2 fully saturated rings. The van der Waals surface area contributed by atoms with Crippen LogP contribution in [0.15, 0.2) is 59.4 Å². The maximum absolute atomic E-state index is 13.7. The van der Waals surface area contributed by atoms with Crippen LogP contribution in [0.3, 0.4) is 0 Å². The van der Waals surface area contributed by atoms with Crippen molar-refractivity contribution in [3.63, 3.8) is 0 Å². The monoisotopic (exact) mass is 793 g/mol. The predicted octanol–water partition coefficient (Wildman–Crippen LogP) is 9.68. The van der Waals surface area contributed by atoms with Crippen LogP contribution >= 0.6 is 22.7 Å². The summed E-state index contributed by atoms with van der Waals surface area (Å²) in [6.07, 6.45) is 4.35. The first kappa shape index (κ1) is 37.7. The van der Waals surface area contributed by atoms with Crippen molar-refractivity contribution in [3.05, 3.63) is 71.1 Å². The third-order valence-corrected chi connectivity index (χ3v) is 12.8. The van der Waals surface area contributed by atoms with Crippen molar-refractivity contribution in [1.82, 2.24) is 35.1 Å². The predicted molar refractivity (Wildman–Crippen MR) is 221 cm³/mol. The SMILES string of the molecule is COC(=O)NC(C(=O)N1CCCC1c1nc2ccc(-c3csc4c(-c5ccc(-c6cnc(C7CCCN7C(=O)OC(C)(C)C)[nH]6)cc5)csc34)cc2[nH]1)C(C)C. The zero-order chi connectivity index (χ0) is 39.3. The zero-order valence-corrected chi connectivity index (χ0v) is 34.1. The number of methoxy groups -OCH3 is 1. The lowest BCUT2D eigenvalue weighted by molar-refractivity contribution is -0.135. The smallest absolute Gasteiger partial charge is 0.410 e. The number of aromatic nitrogens is 4. The van der Waals surface area contributed by atoms with Gasteiger partial charge in [-0.2, -0.15) is 0 Å². The quantitative estimate of drug-likeness (QED) is 0.139. The second kappa shape index (κ2) is 15.0. The second-order valence-corrected chi connectivity index (χ2v) is 17.7. The fourth-order valence-electron chi connectivity index (χ4n) is 7.84. The van der Waals surface area contributed by atoms with Gasteiger partial charge in [0.25, 0.3) is 0 Å². The van der Waals surface area contributed by atoms with Crippen LogP contribution in [-0.4, -0.2) is 79.7 Å². The van der Waals surface area contributed by atoms with Crippen molar-refractivity contribution in [1.29, 1.82) is 0 Å². The van der Waals surface area contributed by atoms with Crippen LogP contribution in [0, 0.1) is 5.92 Å². The van der Waals surface area contributed by atoms with Gasteiger partial charge in [-0.15, -0.1) is 22.7 Å². The third kappa shape index (κ3) is 7.27. The molecule has 6 heterocycles. The summed E-state index contributed by atoms with van der Waals surface area (Å²) in [5.74, 6) is 1.32. The number of aromatic amines is 2. The minimum Gasteiger partial charge on any atom is -0.453 e. The first-order chi connectivity index (χ1) is 26.9. The molecule has 56 heavy (non-hydrogen) atoms. The Bertz CT molecular complexity index is 2400. The molecular weight excluding hydrogens is 747 g/mol. The van der Waals surface area contributed by atoms with Crippen molar-refractivity contribution in [2.75, 3.05) is 20.2 Å². The number of carbonyl (C=O) groups excluding carboxylic acids is 3. The average molecular weight is 794 g/mol. The Kier molecular flexibility index (Phi) is 10.1. The molecule has 12 nitrogen and oxygen atoms in total. The molecule has 3 unspecified atom stereocenters. The number of imidazole rings is 2. The van der Waals surface area contributed by atoms with Crippen LogP contribution in [0.1, 0.15) is 84.0 Å². The van der Waals surface area contributed by atoms with E-state index in [9.17, 15) is 14.4 Å². The number of fused-ring (bicyclic) bond motifs is 2. The van der Waals surface area contributed by atoms with Crippen molar-refractivity contribution < 1.29 is 23.9 Å². The molecule has 8 rings (SSSR count). The number of amides is 3. The molecule has 3 amide bonds. The van der Waals surface area contributed by atoms with Gasteiger partial charge in [-0.05, 0) is 81.2 Å². The molecule has 2 saturated heterocycles. The lowest BCUT2D eigenvalue weighted by atomic mass is 10.0. The number of carbonyl (C=O) groups is 3. The number of ether oxygens (including phenoxy) is 2. The van der Waals surface area contributed by atoms with E-state index in [4.69, 9.17) is 14.5 Å². The number of hydrogen-bond donors (Lipinski definition) is 3. The number of likely N-dealkylation sites (tertiary alicyclic amines) is 2. The number of benzene rings is 2. The Hall–Kier alpha value is -5.21. The van der Waals surface area contributed by atoms with E-state index in [1.54, 1.807) is 27.6 Å². The fourth-order valence-corrected chi connectivity index (χ4v) is 10.3. The number of thiophene rings is 2. The van der Waals surface area contributed by atoms with E-state index in [0.29, 0.717) is 13.1 Å². The second-order valence-electron chi connectivity index (χ2n) is 15.9. The molecule has 0 radical (unpaired) electrons. The molecule has 292 valence electrons. The van der Waals surface area contributed by atoms with E-state index in [1.807, 2.05) is 51.8 Å². The van der Waals surface area contributed by atoms with Crippen LogP contribution in [-0.2, 0) is 14.3 Å². The first-order valence-corrected chi connectivity index (χ1v) is 20.9. The lowest BCUT2D eigenvalue weighted by Crippen LogP contribution is -2.51. The van der Waals surface area contributed by atoms with Crippen LogP contribution in [0.2, 0.25) is 0 Å². The van der Waals surface area contributed by atoms with Crippen molar-refractivity contribution in [2.24, 2.45) is 5.92 Å². The molecule has 2 aliphatic heterocycles. The highest BCUT2D eigenvalue weighted by molar-refractivity contribution is 7.27. The highest BCUT2D eigenvalue weighted by Crippen LogP contribution is 2.45. The average Bonchev–Trinajstić information content (AvgIpc) is 4.02. The summed E-state index contributed by atoms with van der Waals surface area (Å²) < 4.78 is 12.9. The molecule has 0 bridgehead atoms. The Morgan fingerprint density at radius 2 is 1.48 bits per heavy atom. The third-order valence-electron chi connectivity index (χ3n) is 10.6. The Morgan fingerprint density at radius 3 is 2.14 bits per heavy atom. The van der Waals surface area contributed by atoms with E-state index in [1.165, 1.54) is 27.6 Å². The maximum Gasteiger partial charge on any atom is 0.410 e. The maximum atomic E-state index is 13.7. The summed E-state index contributed by atoms with van der Waals surface area (Å²) in [6, 6.07) is 13.8. The van der Waals surface area contributed by atoms with Crippen molar-refractivity contribution in [3.8, 4) is 33.5 Å². The standard InChI is InChI=1S/C42H47N7O5S2/c1-23(2)34(47-40(51)53-6)39(50)48-17-7-10-33(48)38-44-29-16-15-26(19-30(29)45-38)28-22-56-35-27(21-55-36(28)35)24-11-13-25(14-12-24)31-20-43-37(46-31)32-9-8-18-49(32)41(52)54-42(3,4)5/h11-16,19-23,32-34H,7-10,17-18H2,1-6H3,(H,43,46)(H,44,45)(H,47,51). The van der Waals surface area contributed by atoms with Gasteiger partial charge in [0.05, 0.1) is 51.5 Å². The highest BCUT2D eigenvalue weighted by atomic mass is 32.1. The summed E-state index contributed by atoms with van der Waals surface area (Å²) in [7, 11) is 1.30. The molecule has 3 atom stereocenters. The van der Waals surface area contributed by atoms with Crippen molar-refractivity contribution >= 4 is 61.2 Å². The minimum absolute atomic E-state index is 0.0980. The van der Waals surface area contributed by atoms with E-state index in [0.717, 1.165) is 70.7 Å². The van der Waals surface area contributed by atoms with Crippen LogP contribution < -0.4 is 5.32 Å². The molecule has 2 aliphatic rings. The van der Waals surface area contributed by atoms with Crippen molar-refractivity contribution in [2.45, 2.75) is 84.0 Å². The molecular formula is C42H47N7O5S2. The van der Waals surface area contributed by atoms with Gasteiger partial charge in [-0.3, -0.25) is 9.69 Å². The number of alkyl carbamates (subject to hydrolysis) is 1. The Labute approximate surface area is 333 Å². The molecule has 0 saturated carbocycles. The van der Waals surface area contributed by atoms with Gasteiger partial charge in [-0.25, -0.2) is 19.6 Å². The minimum atomic E-state index is -0.681. The van der Waals surface area contributed by atoms with Gasteiger partial charge < -0.3 is 29.7 Å². The van der Waals surface area contributed by atoms with Gasteiger partial charge in [0.15, 0.2) is 0 Å². The van der Waals surface area contributed by atoms with E-state index < -0.39 is 17.7 Å². The number of rotatable bonds is 8. The number of nitrogens with one attached hydrogen (secondary N) is 3.